The van der Waals surface area contributed by atoms with E-state index in [0.717, 1.165) is 40.1 Å². The highest BCUT2D eigenvalue weighted by atomic mass is 32.2. The Balaban J connectivity index is 1.19. The molecule has 1 aliphatic rings. The summed E-state index contributed by atoms with van der Waals surface area (Å²) in [5.41, 5.74) is 4.23. The van der Waals surface area contributed by atoms with Crippen molar-refractivity contribution in [3.63, 3.8) is 0 Å². The summed E-state index contributed by atoms with van der Waals surface area (Å²) in [6.45, 7) is 6.43. The molecule has 0 aliphatic carbocycles. The predicted octanol–water partition coefficient (Wildman–Crippen LogP) is 6.77. The van der Waals surface area contributed by atoms with Crippen molar-refractivity contribution < 1.29 is 22.8 Å². The first kappa shape index (κ1) is 30.0. The lowest BCUT2D eigenvalue weighted by molar-refractivity contribution is -0.137. The number of carbonyl (C=O) groups is 2. The summed E-state index contributed by atoms with van der Waals surface area (Å²) in [6, 6.07) is 17.6. The normalized spacial score (nSPS) is 14.6. The zero-order valence-corrected chi connectivity index (χ0v) is 24.5. The monoisotopic (exact) mass is 606 g/mol. The molecule has 1 saturated heterocycles. The van der Waals surface area contributed by atoms with E-state index in [1.807, 2.05) is 49.4 Å². The minimum Gasteiger partial charge on any atom is -0.336 e. The van der Waals surface area contributed by atoms with Gasteiger partial charge in [-0.3, -0.25) is 9.69 Å². The highest BCUT2D eigenvalue weighted by Gasteiger charge is 2.32. The molecule has 5 rings (SSSR count). The van der Waals surface area contributed by atoms with Crippen molar-refractivity contribution in [3.05, 3.63) is 95.3 Å². The molecule has 1 aliphatic heterocycles. The van der Waals surface area contributed by atoms with E-state index in [-0.39, 0.29) is 17.6 Å². The molecule has 0 atom stereocenters. The number of benzene rings is 3. The fourth-order valence-electron chi connectivity index (χ4n) is 4.60. The van der Waals surface area contributed by atoms with Crippen LogP contribution in [0.25, 0.3) is 17.1 Å². The molecular weight excluding hydrogens is 577 g/mol. The van der Waals surface area contributed by atoms with Crippen LogP contribution in [-0.2, 0) is 17.4 Å². The van der Waals surface area contributed by atoms with Gasteiger partial charge in [0, 0.05) is 12.1 Å². The predicted molar refractivity (Wildman–Crippen MR) is 162 cm³/mol. The van der Waals surface area contributed by atoms with Crippen molar-refractivity contribution in [1.82, 2.24) is 20.1 Å². The number of carbonyl (C=O) groups excluding carboxylic acids is 2. The van der Waals surface area contributed by atoms with E-state index in [1.165, 1.54) is 39.8 Å². The molecule has 3 amide bonds. The first-order chi connectivity index (χ1) is 20.5. The number of aliphatic imine (C=N–C) groups is 1. The molecule has 12 heteroatoms. The van der Waals surface area contributed by atoms with Gasteiger partial charge in [-0.15, -0.1) is 5.10 Å². The Morgan fingerprint density at radius 3 is 2.47 bits per heavy atom. The molecule has 8 nitrogen and oxygen atoms in total. The summed E-state index contributed by atoms with van der Waals surface area (Å²) in [7, 11) is 0. The van der Waals surface area contributed by atoms with Crippen LogP contribution < -0.4 is 10.2 Å². The maximum atomic E-state index is 12.8. The summed E-state index contributed by atoms with van der Waals surface area (Å²) in [4.78, 5) is 35.4. The zero-order chi connectivity index (χ0) is 30.7. The lowest BCUT2D eigenvalue weighted by atomic mass is 9.99. The molecule has 0 radical (unpaired) electrons. The van der Waals surface area contributed by atoms with Gasteiger partial charge in [-0.05, 0) is 66.3 Å². The van der Waals surface area contributed by atoms with E-state index < -0.39 is 17.8 Å². The number of amidine groups is 1. The standard InChI is InChI=1S/C31H29F3N6O2S/c1-19(2)25-13-4-20(3)16-26(25)40-27(41)17-43-30(40)37-29(42)35-15-14-21-5-7-22(8-6-21)28-36-18-39(38-28)24-11-9-23(10-12-24)31(32,33)34/h4-13,16,18-19H,14-15,17H2,1-3H3,(H,35,42). The van der Waals surface area contributed by atoms with Gasteiger partial charge in [0.2, 0.25) is 5.91 Å². The number of halogens is 3. The van der Waals surface area contributed by atoms with Crippen LogP contribution in [0.1, 0.15) is 42.0 Å². The number of amides is 3. The van der Waals surface area contributed by atoms with Crippen LogP contribution in [0, 0.1) is 6.92 Å². The van der Waals surface area contributed by atoms with Crippen LogP contribution >= 0.6 is 11.8 Å². The van der Waals surface area contributed by atoms with Crippen LogP contribution in [0.3, 0.4) is 0 Å². The quantitative estimate of drug-likeness (QED) is 0.251. The highest BCUT2D eigenvalue weighted by molar-refractivity contribution is 8.15. The van der Waals surface area contributed by atoms with Crippen molar-refractivity contribution in [3.8, 4) is 17.1 Å². The van der Waals surface area contributed by atoms with Gasteiger partial charge in [-0.1, -0.05) is 62.0 Å². The second-order valence-electron chi connectivity index (χ2n) is 10.4. The van der Waals surface area contributed by atoms with Gasteiger partial charge in [0.05, 0.1) is 22.7 Å². The summed E-state index contributed by atoms with van der Waals surface area (Å²) >= 11 is 1.25. The number of hydrogen-bond donors (Lipinski definition) is 1. The molecule has 0 saturated carbocycles. The molecule has 2 heterocycles. The van der Waals surface area contributed by atoms with Crippen LogP contribution in [0.15, 0.2) is 78.0 Å². The van der Waals surface area contributed by atoms with E-state index >= 15 is 0 Å². The molecule has 43 heavy (non-hydrogen) atoms. The van der Waals surface area contributed by atoms with Gasteiger partial charge in [-0.25, -0.2) is 14.5 Å². The van der Waals surface area contributed by atoms with Crippen LogP contribution in [0.2, 0.25) is 0 Å². The number of aryl methyl sites for hydroxylation is 1. The molecule has 0 spiro atoms. The lowest BCUT2D eigenvalue weighted by Crippen LogP contribution is -2.32. The number of urea groups is 1. The second-order valence-corrected chi connectivity index (χ2v) is 11.3. The summed E-state index contributed by atoms with van der Waals surface area (Å²) in [5, 5.41) is 7.54. The Kier molecular flexibility index (Phi) is 8.67. The number of alkyl halides is 3. The molecule has 222 valence electrons. The topological polar surface area (TPSA) is 92.5 Å². The van der Waals surface area contributed by atoms with Gasteiger partial charge >= 0.3 is 12.2 Å². The van der Waals surface area contributed by atoms with Crippen LogP contribution in [0.5, 0.6) is 0 Å². The van der Waals surface area contributed by atoms with E-state index in [9.17, 15) is 22.8 Å². The maximum Gasteiger partial charge on any atom is 0.416 e. The third-order valence-electron chi connectivity index (χ3n) is 6.86. The lowest BCUT2D eigenvalue weighted by Gasteiger charge is -2.22. The molecule has 1 fully saturated rings. The molecule has 0 unspecified atom stereocenters. The highest BCUT2D eigenvalue weighted by Crippen LogP contribution is 2.34. The van der Waals surface area contributed by atoms with Gasteiger partial charge in [0.25, 0.3) is 0 Å². The summed E-state index contributed by atoms with van der Waals surface area (Å²) in [5.74, 6) is 0.739. The molecule has 4 aromatic rings. The van der Waals surface area contributed by atoms with Crippen molar-refractivity contribution in [1.29, 1.82) is 0 Å². The van der Waals surface area contributed by atoms with Crippen LogP contribution in [-0.4, -0.2) is 44.2 Å². The van der Waals surface area contributed by atoms with Gasteiger partial charge in [0.1, 0.15) is 6.33 Å². The number of nitrogens with one attached hydrogen (secondary N) is 1. The Morgan fingerprint density at radius 2 is 1.79 bits per heavy atom. The number of nitrogens with zero attached hydrogens (tertiary/aromatic N) is 5. The van der Waals surface area contributed by atoms with Crippen LogP contribution in [0.4, 0.5) is 23.7 Å². The van der Waals surface area contributed by atoms with Gasteiger partial charge < -0.3 is 5.32 Å². The number of rotatable bonds is 7. The van der Waals surface area contributed by atoms with Crippen molar-refractivity contribution in [2.24, 2.45) is 4.99 Å². The van der Waals surface area contributed by atoms with E-state index in [4.69, 9.17) is 0 Å². The Hall–Kier alpha value is -4.45. The first-order valence-electron chi connectivity index (χ1n) is 13.6. The first-order valence-corrected chi connectivity index (χ1v) is 14.6. The summed E-state index contributed by atoms with van der Waals surface area (Å²) < 4.78 is 39.9. The van der Waals surface area contributed by atoms with E-state index in [2.05, 4.69) is 34.2 Å². The fourth-order valence-corrected chi connectivity index (χ4v) is 5.46. The zero-order valence-electron chi connectivity index (χ0n) is 23.7. The second kappa shape index (κ2) is 12.4. The van der Waals surface area contributed by atoms with Gasteiger partial charge in [0.15, 0.2) is 11.0 Å². The third kappa shape index (κ3) is 6.96. The SMILES string of the molecule is Cc1ccc(C(C)C)c(N2C(=O)CSC2=NC(=O)NCCc2ccc(-c3ncn(-c4ccc(C(F)(F)F)cc4)n3)cc2)c1. The van der Waals surface area contributed by atoms with Crippen molar-refractivity contribution >= 4 is 34.6 Å². The van der Waals surface area contributed by atoms with Crippen molar-refractivity contribution in [2.75, 3.05) is 17.2 Å². The van der Waals surface area contributed by atoms with E-state index in [1.54, 1.807) is 0 Å². The van der Waals surface area contributed by atoms with E-state index in [0.29, 0.717) is 29.6 Å². The van der Waals surface area contributed by atoms with Crippen molar-refractivity contribution in [2.45, 2.75) is 39.3 Å². The smallest absolute Gasteiger partial charge is 0.336 e. The Bertz CT molecular complexity index is 1660. The number of anilines is 1. The fraction of sp³-hybridized carbons (Fsp3) is 0.258. The maximum absolute atomic E-state index is 12.8. The Morgan fingerprint density at radius 1 is 1.07 bits per heavy atom. The summed E-state index contributed by atoms with van der Waals surface area (Å²) in [6.07, 6.45) is -2.40. The molecule has 1 aromatic heterocycles. The largest absolute Gasteiger partial charge is 0.416 e. The number of thioether (sulfide) groups is 1. The third-order valence-corrected chi connectivity index (χ3v) is 7.79. The number of hydrogen-bond acceptors (Lipinski definition) is 5. The average molecular weight is 607 g/mol. The molecular formula is C31H29F3N6O2S. The number of aromatic nitrogens is 3. The minimum atomic E-state index is -4.40. The molecule has 1 N–H and O–H groups in total. The minimum absolute atomic E-state index is 0.108. The average Bonchev–Trinajstić information content (AvgIpc) is 3.60. The molecule has 0 bridgehead atoms. The van der Waals surface area contributed by atoms with Gasteiger partial charge in [-0.2, -0.15) is 18.2 Å². The molecule has 3 aromatic carbocycles. The Labute approximate surface area is 251 Å².